The average molecular weight is 318 g/mol. The van der Waals surface area contributed by atoms with E-state index in [-0.39, 0.29) is 17.8 Å². The Kier molecular flexibility index (Phi) is 2.95. The fourth-order valence-electron chi connectivity index (χ4n) is 3.90. The predicted octanol–water partition coefficient (Wildman–Crippen LogP) is 1.91. The maximum atomic E-state index is 14.1. The highest BCUT2D eigenvalue weighted by Gasteiger charge is 2.58. The molecule has 3 fully saturated rings. The van der Waals surface area contributed by atoms with Gasteiger partial charge in [-0.1, -0.05) is 18.2 Å². The summed E-state index contributed by atoms with van der Waals surface area (Å²) in [7, 11) is 1.70. The minimum Gasteiger partial charge on any atom is -0.439 e. The van der Waals surface area contributed by atoms with Crippen molar-refractivity contribution in [2.45, 2.75) is 30.3 Å². The van der Waals surface area contributed by atoms with Crippen molar-refractivity contribution in [2.75, 3.05) is 26.7 Å². The minimum atomic E-state index is -0.717. The zero-order chi connectivity index (χ0) is 16.2. The van der Waals surface area contributed by atoms with E-state index in [9.17, 15) is 14.0 Å². The first-order valence-electron chi connectivity index (χ1n) is 7.94. The Bertz CT molecular complexity index is 688. The van der Waals surface area contributed by atoms with Gasteiger partial charge >= 0.3 is 6.09 Å². The molecule has 1 atom stereocenters. The molecular formula is C17H19FN2O3. The van der Waals surface area contributed by atoms with Gasteiger partial charge in [-0.05, 0) is 18.9 Å². The Morgan fingerprint density at radius 2 is 1.96 bits per heavy atom. The number of hydrogen-bond acceptors (Lipinski definition) is 3. The summed E-state index contributed by atoms with van der Waals surface area (Å²) in [5.41, 5.74) is -0.815. The van der Waals surface area contributed by atoms with Crippen molar-refractivity contribution >= 4 is 12.0 Å². The fraction of sp³-hybridized carbons (Fsp3) is 0.529. The van der Waals surface area contributed by atoms with Crippen molar-refractivity contribution in [1.29, 1.82) is 0 Å². The Morgan fingerprint density at radius 1 is 1.22 bits per heavy atom. The number of nitrogens with zero attached hydrogens (tertiary/aromatic N) is 2. The van der Waals surface area contributed by atoms with Crippen LogP contribution in [0.1, 0.15) is 24.8 Å². The molecule has 5 nitrogen and oxygen atoms in total. The van der Waals surface area contributed by atoms with Crippen LogP contribution in [0.2, 0.25) is 0 Å². The van der Waals surface area contributed by atoms with E-state index in [4.69, 9.17) is 4.74 Å². The van der Waals surface area contributed by atoms with Crippen molar-refractivity contribution < 1.29 is 18.7 Å². The van der Waals surface area contributed by atoms with Gasteiger partial charge in [-0.25, -0.2) is 9.18 Å². The van der Waals surface area contributed by atoms with Crippen LogP contribution in [-0.2, 0) is 14.9 Å². The molecule has 3 aliphatic rings. The van der Waals surface area contributed by atoms with E-state index in [0.29, 0.717) is 44.5 Å². The van der Waals surface area contributed by atoms with Gasteiger partial charge < -0.3 is 14.5 Å². The Morgan fingerprint density at radius 3 is 2.57 bits per heavy atom. The summed E-state index contributed by atoms with van der Waals surface area (Å²) < 4.78 is 19.6. The zero-order valence-electron chi connectivity index (χ0n) is 13.0. The Hall–Kier alpha value is -2.11. The van der Waals surface area contributed by atoms with Crippen molar-refractivity contribution in [1.82, 2.24) is 9.80 Å². The van der Waals surface area contributed by atoms with Crippen LogP contribution >= 0.6 is 0 Å². The molecule has 0 radical (unpaired) electrons. The van der Waals surface area contributed by atoms with Crippen LogP contribution in [0.15, 0.2) is 24.3 Å². The smallest absolute Gasteiger partial charge is 0.410 e. The van der Waals surface area contributed by atoms with Gasteiger partial charge in [0.05, 0.1) is 18.5 Å². The topological polar surface area (TPSA) is 49.9 Å². The lowest BCUT2D eigenvalue weighted by Gasteiger charge is -2.25. The van der Waals surface area contributed by atoms with Crippen LogP contribution in [0, 0.1) is 5.82 Å². The molecular weight excluding hydrogens is 299 g/mol. The third-order valence-electron chi connectivity index (χ3n) is 5.29. The summed E-state index contributed by atoms with van der Waals surface area (Å²) in [6.07, 6.45) is 1.66. The van der Waals surface area contributed by atoms with Crippen molar-refractivity contribution in [3.63, 3.8) is 0 Å². The molecule has 1 aromatic rings. The first kappa shape index (κ1) is 14.5. The lowest BCUT2D eigenvalue weighted by Crippen LogP contribution is -2.43. The molecule has 1 aromatic carbocycles. The van der Waals surface area contributed by atoms with Crippen LogP contribution in [0.3, 0.4) is 0 Å². The molecule has 4 rings (SSSR count). The minimum absolute atomic E-state index is 0.0370. The molecule has 1 aliphatic carbocycles. The molecule has 122 valence electrons. The summed E-state index contributed by atoms with van der Waals surface area (Å²) in [5.74, 6) is -0.357. The quantitative estimate of drug-likeness (QED) is 0.837. The maximum Gasteiger partial charge on any atom is 0.410 e. The SMILES string of the molecule is CN1C[C@]2(CCN(C(=O)C3(c4ccccc4F)CC3)C2)OC1=O. The molecule has 23 heavy (non-hydrogen) atoms. The van der Waals surface area contributed by atoms with Gasteiger partial charge in [0.1, 0.15) is 5.82 Å². The van der Waals surface area contributed by atoms with E-state index in [2.05, 4.69) is 0 Å². The van der Waals surface area contributed by atoms with Gasteiger partial charge in [0.15, 0.2) is 5.60 Å². The number of carbonyl (C=O) groups excluding carboxylic acids is 2. The monoisotopic (exact) mass is 318 g/mol. The van der Waals surface area contributed by atoms with Crippen LogP contribution in [-0.4, -0.2) is 54.1 Å². The van der Waals surface area contributed by atoms with E-state index in [0.717, 1.165) is 0 Å². The van der Waals surface area contributed by atoms with Crippen LogP contribution < -0.4 is 0 Å². The summed E-state index contributed by atoms with van der Waals surface area (Å²) in [4.78, 5) is 27.9. The Balaban J connectivity index is 1.55. The molecule has 6 heteroatoms. The standard InChI is InChI=1S/C17H19FN2O3/c1-19-10-16(23-15(19)22)8-9-20(11-16)14(21)17(6-7-17)12-4-2-3-5-13(12)18/h2-5H,6-11H2,1H3/t16-/m0/s1. The molecule has 2 heterocycles. The first-order chi connectivity index (χ1) is 11.0. The molecule has 1 spiro atoms. The van der Waals surface area contributed by atoms with E-state index in [1.54, 1.807) is 30.1 Å². The number of amides is 2. The number of carbonyl (C=O) groups is 2. The molecule has 0 N–H and O–H groups in total. The van der Waals surface area contributed by atoms with Crippen LogP contribution in [0.5, 0.6) is 0 Å². The summed E-state index contributed by atoms with van der Waals surface area (Å²) >= 11 is 0. The molecule has 2 aliphatic heterocycles. The number of hydrogen-bond donors (Lipinski definition) is 0. The summed E-state index contributed by atoms with van der Waals surface area (Å²) in [6, 6.07) is 6.51. The predicted molar refractivity (Wildman–Crippen MR) is 80.4 cm³/mol. The lowest BCUT2D eigenvalue weighted by atomic mass is 9.93. The first-order valence-corrected chi connectivity index (χ1v) is 7.94. The number of rotatable bonds is 2. The second-order valence-corrected chi connectivity index (χ2v) is 6.95. The Labute approximate surface area is 134 Å². The zero-order valence-corrected chi connectivity index (χ0v) is 13.0. The highest BCUT2D eigenvalue weighted by Crippen LogP contribution is 2.51. The third kappa shape index (κ3) is 2.11. The number of halogens is 1. The van der Waals surface area contributed by atoms with Gasteiger partial charge in [0.2, 0.25) is 5.91 Å². The molecule has 2 amide bonds. The van der Waals surface area contributed by atoms with E-state index >= 15 is 0 Å². The third-order valence-corrected chi connectivity index (χ3v) is 5.29. The van der Waals surface area contributed by atoms with Gasteiger partial charge in [-0.2, -0.15) is 0 Å². The summed E-state index contributed by atoms with van der Waals surface area (Å²) in [5, 5.41) is 0. The van der Waals surface area contributed by atoms with Gasteiger partial charge in [-0.15, -0.1) is 0 Å². The van der Waals surface area contributed by atoms with Crippen molar-refractivity contribution in [3.8, 4) is 0 Å². The largest absolute Gasteiger partial charge is 0.439 e. The second kappa shape index (κ2) is 4.69. The number of ether oxygens (including phenoxy) is 1. The van der Waals surface area contributed by atoms with Crippen molar-refractivity contribution in [3.05, 3.63) is 35.6 Å². The van der Waals surface area contributed by atoms with E-state index in [1.165, 1.54) is 11.0 Å². The van der Waals surface area contributed by atoms with Gasteiger partial charge in [0.25, 0.3) is 0 Å². The number of benzene rings is 1. The van der Waals surface area contributed by atoms with Crippen LogP contribution in [0.4, 0.5) is 9.18 Å². The maximum absolute atomic E-state index is 14.1. The highest BCUT2D eigenvalue weighted by molar-refractivity contribution is 5.91. The van der Waals surface area contributed by atoms with E-state index in [1.807, 2.05) is 0 Å². The van der Waals surface area contributed by atoms with E-state index < -0.39 is 11.0 Å². The van der Waals surface area contributed by atoms with Crippen molar-refractivity contribution in [2.24, 2.45) is 0 Å². The van der Waals surface area contributed by atoms with Crippen LogP contribution in [0.25, 0.3) is 0 Å². The second-order valence-electron chi connectivity index (χ2n) is 6.95. The molecule has 1 saturated carbocycles. The lowest BCUT2D eigenvalue weighted by molar-refractivity contribution is -0.133. The molecule has 0 bridgehead atoms. The normalized spacial score (nSPS) is 28.3. The van der Waals surface area contributed by atoms with Gasteiger partial charge in [0, 0.05) is 25.6 Å². The fourth-order valence-corrected chi connectivity index (χ4v) is 3.90. The molecule has 2 saturated heterocycles. The molecule has 0 aromatic heterocycles. The number of likely N-dealkylation sites (tertiary alicyclic amines) is 1. The summed E-state index contributed by atoms with van der Waals surface area (Å²) in [6.45, 7) is 1.45. The molecule has 0 unspecified atom stereocenters. The number of likely N-dealkylation sites (N-methyl/N-ethyl adjacent to an activating group) is 1. The van der Waals surface area contributed by atoms with Gasteiger partial charge in [-0.3, -0.25) is 4.79 Å². The highest BCUT2D eigenvalue weighted by atomic mass is 19.1. The average Bonchev–Trinajstić information content (AvgIpc) is 3.15.